The third-order valence-electron chi connectivity index (χ3n) is 12.1. The van der Waals surface area contributed by atoms with Gasteiger partial charge in [-0.3, -0.25) is 29.8 Å². The summed E-state index contributed by atoms with van der Waals surface area (Å²) in [6, 6.07) is 28.4. The molecule has 0 spiro atoms. The Morgan fingerprint density at radius 3 is 2.09 bits per heavy atom. The summed E-state index contributed by atoms with van der Waals surface area (Å²) in [5.74, 6) is -4.81. The molecular formula is C47H50N6O13. The molecule has 9 atom stereocenters. The Hall–Kier alpha value is -7.05. The Kier molecular flexibility index (Phi) is 17.0. The number of hydrogen-bond donors (Lipinski definition) is 1. The minimum atomic E-state index is -1.31. The molecule has 4 aromatic rings. The highest BCUT2D eigenvalue weighted by molar-refractivity contribution is 5.90. The van der Waals surface area contributed by atoms with Gasteiger partial charge >= 0.3 is 11.9 Å². The van der Waals surface area contributed by atoms with Crippen LogP contribution in [0.5, 0.6) is 0 Å². The number of nitrogens with one attached hydrogen (secondary N) is 1. The predicted octanol–water partition coefficient (Wildman–Crippen LogP) is 7.51. The van der Waals surface area contributed by atoms with E-state index in [0.29, 0.717) is 16.7 Å². The van der Waals surface area contributed by atoms with Crippen LogP contribution in [0.1, 0.15) is 65.0 Å². The molecular weight excluding hydrogens is 857 g/mol. The topological polar surface area (TPSA) is 261 Å². The summed E-state index contributed by atoms with van der Waals surface area (Å²) in [7, 11) is 0. The first-order valence-corrected chi connectivity index (χ1v) is 21.5. The molecule has 1 heterocycles. The van der Waals surface area contributed by atoms with Crippen LogP contribution in [0, 0.1) is 43.9 Å². The average Bonchev–Trinajstić information content (AvgIpc) is 3.33. The van der Waals surface area contributed by atoms with E-state index < -0.39 is 76.2 Å². The quantitative estimate of drug-likeness (QED) is 0.0171. The maximum Gasteiger partial charge on any atom is 0.338 e. The molecule has 4 aromatic carbocycles. The lowest BCUT2D eigenvalue weighted by molar-refractivity contribution is -0.385. The standard InChI is InChI=1S/C47H50N6O13/c1-29-30(2)43(66-46(57)34-13-7-4-8-14-34)47(65-42(29)28-63-45(56)33-11-5-3-6-12-33)64-41-26-38(44(55)49-27-32-10-9-15-36(24-32)53(60)61)37(25-40(41)62-23-22-50-51-48)39(54)21-18-31-16-19-35(20-17-31)52(58)59/h3-17,19-20,24,29-30,37-38,40-43,47H,18,21-23,25-28H2,1-2H3,(H,49,55)/t29-,30-,37?,38-,40-,41?,42?,43?,47-/m0/s1. The SMILES string of the molecule is C[C@@H]1C(COC(=O)c2ccccc2)O[C@H](OC2C[C@H](C(=O)NCc3cccc([N+](=O)[O-])c3)C(C(=O)CCc3ccc([N+](=O)[O-])cc3)C[C@@H]2OCCN=[N+]=[N-])C(OC(=O)c2ccccc2)[C@H]1C. The number of Topliss-reactive ketones (excluding diaryl/α,β-unsaturated/α-hetero) is 1. The van der Waals surface area contributed by atoms with Crippen LogP contribution >= 0.6 is 0 Å². The van der Waals surface area contributed by atoms with Gasteiger partial charge in [-0.1, -0.05) is 79.6 Å². The number of rotatable bonds is 20. The summed E-state index contributed by atoms with van der Waals surface area (Å²) in [5, 5.41) is 29.1. The molecule has 1 saturated heterocycles. The molecule has 4 unspecified atom stereocenters. The van der Waals surface area contributed by atoms with E-state index in [-0.39, 0.29) is 80.6 Å². The number of benzene rings is 4. The number of carbonyl (C=O) groups excluding carboxylic acids is 4. The molecule has 0 aromatic heterocycles. The lowest BCUT2D eigenvalue weighted by Gasteiger charge is -2.47. The molecule has 19 heteroatoms. The first-order valence-electron chi connectivity index (χ1n) is 21.5. The maximum absolute atomic E-state index is 14.3. The fourth-order valence-electron chi connectivity index (χ4n) is 8.20. The van der Waals surface area contributed by atoms with E-state index in [9.17, 15) is 39.4 Å². The van der Waals surface area contributed by atoms with E-state index in [0.717, 1.165) is 0 Å². The van der Waals surface area contributed by atoms with Crippen LogP contribution in [-0.2, 0) is 46.2 Å². The van der Waals surface area contributed by atoms with Crippen LogP contribution in [0.2, 0.25) is 0 Å². The molecule has 6 rings (SSSR count). The highest BCUT2D eigenvalue weighted by Gasteiger charge is 2.50. The number of azide groups is 1. The third kappa shape index (κ3) is 12.8. The van der Waals surface area contributed by atoms with E-state index in [1.54, 1.807) is 78.9 Å². The van der Waals surface area contributed by atoms with E-state index in [4.69, 9.17) is 29.2 Å². The summed E-state index contributed by atoms with van der Waals surface area (Å²) < 4.78 is 31.4. The van der Waals surface area contributed by atoms with Crippen molar-refractivity contribution in [3.8, 4) is 0 Å². The van der Waals surface area contributed by atoms with Crippen LogP contribution in [0.3, 0.4) is 0 Å². The van der Waals surface area contributed by atoms with Crippen LogP contribution in [0.15, 0.2) is 114 Å². The Bertz CT molecular complexity index is 2380. The minimum absolute atomic E-state index is 0.0316. The van der Waals surface area contributed by atoms with Crippen LogP contribution < -0.4 is 5.32 Å². The lowest BCUT2D eigenvalue weighted by Crippen LogP contribution is -2.57. The number of ketones is 1. The Labute approximate surface area is 379 Å². The molecule has 19 nitrogen and oxygen atoms in total. The van der Waals surface area contributed by atoms with Crippen LogP contribution in [-0.4, -0.2) is 83.9 Å². The number of carbonyl (C=O) groups is 4. The number of nitro benzene ring substituents is 2. The lowest BCUT2D eigenvalue weighted by atomic mass is 9.72. The van der Waals surface area contributed by atoms with Crippen molar-refractivity contribution in [2.45, 2.75) is 76.8 Å². The van der Waals surface area contributed by atoms with Gasteiger partial charge in [0.25, 0.3) is 11.4 Å². The molecule has 1 saturated carbocycles. The van der Waals surface area contributed by atoms with Gasteiger partial charge in [-0.2, -0.15) is 0 Å². The number of nitro groups is 2. The van der Waals surface area contributed by atoms with Gasteiger partial charge in [-0.25, -0.2) is 9.59 Å². The van der Waals surface area contributed by atoms with Gasteiger partial charge in [-0.05, 0) is 66.1 Å². The maximum atomic E-state index is 14.3. The van der Waals surface area contributed by atoms with Gasteiger partial charge < -0.3 is 29.0 Å². The summed E-state index contributed by atoms with van der Waals surface area (Å²) in [6.07, 6.45) is -4.95. The first kappa shape index (κ1) is 48.4. The Morgan fingerprint density at radius 1 is 0.788 bits per heavy atom. The number of non-ortho nitro benzene ring substituents is 2. The van der Waals surface area contributed by atoms with Crippen molar-refractivity contribution in [3.05, 3.63) is 162 Å². The summed E-state index contributed by atoms with van der Waals surface area (Å²) >= 11 is 0. The molecule has 1 aliphatic carbocycles. The van der Waals surface area contributed by atoms with Crippen molar-refractivity contribution in [2.75, 3.05) is 19.8 Å². The number of nitrogens with zero attached hydrogens (tertiary/aromatic N) is 5. The highest BCUT2D eigenvalue weighted by Crippen LogP contribution is 2.40. The molecule has 0 bridgehead atoms. The van der Waals surface area contributed by atoms with Crippen molar-refractivity contribution in [1.82, 2.24) is 5.32 Å². The van der Waals surface area contributed by atoms with Crippen molar-refractivity contribution < 1.29 is 52.7 Å². The summed E-state index contributed by atoms with van der Waals surface area (Å²) in [5.41, 5.74) is 10.4. The zero-order chi connectivity index (χ0) is 47.2. The largest absolute Gasteiger partial charge is 0.459 e. The van der Waals surface area contributed by atoms with E-state index in [1.165, 1.54) is 30.3 Å². The van der Waals surface area contributed by atoms with E-state index >= 15 is 0 Å². The highest BCUT2D eigenvalue weighted by atomic mass is 16.7. The van der Waals surface area contributed by atoms with Gasteiger partial charge in [0.1, 0.15) is 12.4 Å². The van der Waals surface area contributed by atoms with Crippen molar-refractivity contribution in [2.24, 2.45) is 28.8 Å². The average molecular weight is 907 g/mol. The number of esters is 2. The van der Waals surface area contributed by atoms with E-state index in [1.807, 2.05) is 13.8 Å². The number of aryl methyl sites for hydroxylation is 1. The second-order valence-electron chi connectivity index (χ2n) is 16.2. The molecule has 66 heavy (non-hydrogen) atoms. The number of hydrogen-bond acceptors (Lipinski definition) is 14. The summed E-state index contributed by atoms with van der Waals surface area (Å²) in [4.78, 5) is 79.7. The van der Waals surface area contributed by atoms with Gasteiger partial charge in [0, 0.05) is 60.5 Å². The Balaban J connectivity index is 1.30. The molecule has 2 aliphatic rings. The fraction of sp³-hybridized carbons (Fsp3) is 0.404. The molecule has 1 amide bonds. The van der Waals surface area contributed by atoms with E-state index in [2.05, 4.69) is 15.3 Å². The molecule has 0 radical (unpaired) electrons. The smallest absolute Gasteiger partial charge is 0.338 e. The van der Waals surface area contributed by atoms with Gasteiger partial charge in [-0.15, -0.1) is 0 Å². The number of ether oxygens (including phenoxy) is 5. The second kappa shape index (κ2) is 23.2. The van der Waals surface area contributed by atoms with Gasteiger partial charge in [0.2, 0.25) is 5.91 Å². The second-order valence-corrected chi connectivity index (χ2v) is 16.2. The molecule has 2 fully saturated rings. The van der Waals surface area contributed by atoms with Gasteiger partial charge in [0.05, 0.1) is 51.8 Å². The molecule has 346 valence electrons. The molecule has 1 aliphatic heterocycles. The van der Waals surface area contributed by atoms with Crippen LogP contribution in [0.25, 0.3) is 10.4 Å². The Morgan fingerprint density at radius 2 is 1.44 bits per heavy atom. The predicted molar refractivity (Wildman–Crippen MR) is 236 cm³/mol. The van der Waals surface area contributed by atoms with Crippen molar-refractivity contribution in [1.29, 1.82) is 0 Å². The zero-order valence-electron chi connectivity index (χ0n) is 36.3. The molecule has 1 N–H and O–H groups in total. The monoisotopic (exact) mass is 906 g/mol. The van der Waals surface area contributed by atoms with Crippen molar-refractivity contribution >= 4 is 35.0 Å². The normalized spacial score (nSPS) is 23.6. The fourth-order valence-corrected chi connectivity index (χ4v) is 8.20. The zero-order valence-corrected chi connectivity index (χ0v) is 36.3. The minimum Gasteiger partial charge on any atom is -0.459 e. The number of amides is 1. The van der Waals surface area contributed by atoms with Crippen LogP contribution in [0.4, 0.5) is 11.4 Å². The third-order valence-corrected chi connectivity index (χ3v) is 12.1. The van der Waals surface area contributed by atoms with Crippen molar-refractivity contribution in [3.63, 3.8) is 0 Å². The first-order chi connectivity index (χ1) is 31.8. The van der Waals surface area contributed by atoms with Gasteiger partial charge in [0.15, 0.2) is 12.4 Å². The summed E-state index contributed by atoms with van der Waals surface area (Å²) in [6.45, 7) is 3.32.